The average Bonchev–Trinajstić information content (AvgIpc) is 2.41. The molecule has 0 aliphatic rings. The molecule has 2 aromatic rings. The first-order valence-corrected chi connectivity index (χ1v) is 5.64. The van der Waals surface area contributed by atoms with Crippen LogP contribution in [0.4, 0.5) is 0 Å². The Hall–Kier alpha value is -0.386. The molecular weight excluding hydrogens is 290 g/mol. The van der Waals surface area contributed by atoms with E-state index >= 15 is 0 Å². The van der Waals surface area contributed by atoms with E-state index in [1.165, 1.54) is 24.3 Å². The molecule has 0 amide bonds. The smallest absolute Gasteiger partial charge is 0.548 e. The van der Waals surface area contributed by atoms with Crippen molar-refractivity contribution < 1.29 is 90.0 Å². The number of carbonyl (C=O) groups excluding carboxylic acids is 2. The van der Waals surface area contributed by atoms with Gasteiger partial charge in [-0.2, -0.15) is 0 Å². The number of carboxylic acid groups (broad SMARTS) is 2. The largest absolute Gasteiger partial charge is 1.00 e. The topological polar surface area (TPSA) is 80.3 Å². The molecule has 0 aliphatic carbocycles. The van der Waals surface area contributed by atoms with Gasteiger partial charge in [0.2, 0.25) is 0 Å². The first-order chi connectivity index (χ1) is 9.10. The molecule has 6 heteroatoms. The van der Waals surface area contributed by atoms with Crippen molar-refractivity contribution >= 4 is 11.9 Å². The molecule has 0 saturated heterocycles. The summed E-state index contributed by atoms with van der Waals surface area (Å²) in [7, 11) is 0. The van der Waals surface area contributed by atoms with E-state index < -0.39 is 17.4 Å². The molecule has 21 heavy (non-hydrogen) atoms. The van der Waals surface area contributed by atoms with Crippen LogP contribution in [0.25, 0.3) is 0 Å². The third-order valence-electron chi connectivity index (χ3n) is 3.03. The maximum Gasteiger partial charge on any atom is 1.00 e. The summed E-state index contributed by atoms with van der Waals surface area (Å²) in [6, 6.07) is 15.3. The second-order valence-electron chi connectivity index (χ2n) is 4.06. The predicted molar refractivity (Wildman–Crippen MR) is 63.7 cm³/mol. The zero-order valence-electron chi connectivity index (χ0n) is 11.9. The molecule has 0 saturated carbocycles. The van der Waals surface area contributed by atoms with Gasteiger partial charge in [0.25, 0.3) is 0 Å². The standard InChI is InChI=1S/C15H12O4.K.Li/c16-13(17)15(14(18)19,11-7-3-1-4-8-11)12-9-5-2-6-10-12;;/h1-10H,(H,16,17)(H,18,19);;/q;2*+1/p-2. The van der Waals surface area contributed by atoms with Gasteiger partial charge in [-0.05, 0) is 11.1 Å². The van der Waals surface area contributed by atoms with Gasteiger partial charge >= 0.3 is 70.2 Å². The summed E-state index contributed by atoms with van der Waals surface area (Å²) >= 11 is 0. The Labute approximate surface area is 177 Å². The quantitative estimate of drug-likeness (QED) is 0.415. The van der Waals surface area contributed by atoms with Gasteiger partial charge in [-0.15, -0.1) is 0 Å². The van der Waals surface area contributed by atoms with Crippen LogP contribution < -0.4 is 80.5 Å². The molecule has 0 bridgehead atoms. The Morgan fingerprint density at radius 1 is 0.714 bits per heavy atom. The van der Waals surface area contributed by atoms with E-state index in [9.17, 15) is 19.8 Å². The number of carbonyl (C=O) groups is 2. The third-order valence-corrected chi connectivity index (χ3v) is 3.03. The fraction of sp³-hybridized carbons (Fsp3) is 0.0667. The Bertz CT molecular complexity index is 546. The maximum absolute atomic E-state index is 11.5. The molecule has 0 aliphatic heterocycles. The molecule has 0 heterocycles. The van der Waals surface area contributed by atoms with Crippen LogP contribution in [-0.4, -0.2) is 11.9 Å². The molecule has 2 aromatic carbocycles. The molecule has 0 unspecified atom stereocenters. The first kappa shape index (κ1) is 20.6. The van der Waals surface area contributed by atoms with Crippen LogP contribution in [0.1, 0.15) is 11.1 Å². The summed E-state index contributed by atoms with van der Waals surface area (Å²) in [5.41, 5.74) is -2.11. The summed E-state index contributed by atoms with van der Waals surface area (Å²) in [5, 5.41) is 23.1. The number of rotatable bonds is 4. The number of hydrogen-bond acceptors (Lipinski definition) is 4. The van der Waals surface area contributed by atoms with Gasteiger partial charge in [0.05, 0.1) is 17.4 Å². The normalized spacial score (nSPS) is 9.90. The predicted octanol–water partition coefficient (Wildman–Crippen LogP) is -6.52. The fourth-order valence-corrected chi connectivity index (χ4v) is 2.10. The summed E-state index contributed by atoms with van der Waals surface area (Å²) in [5.74, 6) is -3.44. The molecule has 0 N–H and O–H groups in total. The van der Waals surface area contributed by atoms with Gasteiger partial charge in [0.15, 0.2) is 0 Å². The van der Waals surface area contributed by atoms with Crippen LogP contribution in [0.2, 0.25) is 0 Å². The van der Waals surface area contributed by atoms with E-state index in [2.05, 4.69) is 0 Å². The second kappa shape index (κ2) is 8.91. The Kier molecular flexibility index (Phi) is 8.75. The first-order valence-electron chi connectivity index (χ1n) is 5.64. The average molecular weight is 300 g/mol. The van der Waals surface area contributed by atoms with Gasteiger partial charge in [0, 0.05) is 0 Å². The Balaban J connectivity index is 0.00000200. The minimum Gasteiger partial charge on any atom is -0.548 e. The van der Waals surface area contributed by atoms with Gasteiger partial charge in [-0.1, -0.05) is 60.7 Å². The summed E-state index contributed by atoms with van der Waals surface area (Å²) in [6.07, 6.45) is 0. The van der Waals surface area contributed by atoms with Gasteiger partial charge in [0.1, 0.15) is 0 Å². The van der Waals surface area contributed by atoms with E-state index in [-0.39, 0.29) is 81.4 Å². The van der Waals surface area contributed by atoms with Crippen LogP contribution in [0.3, 0.4) is 0 Å². The van der Waals surface area contributed by atoms with Gasteiger partial charge in [-0.3, -0.25) is 0 Å². The molecule has 0 radical (unpaired) electrons. The minimum absolute atomic E-state index is 0. The zero-order valence-corrected chi connectivity index (χ0v) is 15.0. The van der Waals surface area contributed by atoms with Crippen LogP contribution >= 0.6 is 0 Å². The summed E-state index contributed by atoms with van der Waals surface area (Å²) in [4.78, 5) is 23.1. The Morgan fingerprint density at radius 2 is 1.00 bits per heavy atom. The van der Waals surface area contributed by atoms with Crippen molar-refractivity contribution in [3.05, 3.63) is 71.8 Å². The van der Waals surface area contributed by atoms with E-state index in [1.807, 2.05) is 0 Å². The Morgan fingerprint density at radius 3 is 1.24 bits per heavy atom. The van der Waals surface area contributed by atoms with Gasteiger partial charge in [-0.25, -0.2) is 0 Å². The van der Waals surface area contributed by atoms with Crippen molar-refractivity contribution in [2.24, 2.45) is 0 Å². The third kappa shape index (κ3) is 3.88. The number of carboxylic acids is 2. The molecule has 96 valence electrons. The van der Waals surface area contributed by atoms with E-state index in [0.29, 0.717) is 0 Å². The molecule has 2 rings (SSSR count). The molecular formula is C15H10KLiO4. The fourth-order valence-electron chi connectivity index (χ4n) is 2.10. The zero-order chi connectivity index (χ0) is 13.9. The molecule has 0 spiro atoms. The van der Waals surface area contributed by atoms with Crippen molar-refractivity contribution in [2.45, 2.75) is 5.41 Å². The molecule has 0 atom stereocenters. The van der Waals surface area contributed by atoms with Crippen LogP contribution in [0, 0.1) is 0 Å². The van der Waals surface area contributed by atoms with E-state index in [1.54, 1.807) is 36.4 Å². The van der Waals surface area contributed by atoms with Crippen LogP contribution in [0.15, 0.2) is 60.7 Å². The monoisotopic (exact) mass is 300 g/mol. The molecule has 4 nitrogen and oxygen atoms in total. The minimum atomic E-state index is -2.30. The van der Waals surface area contributed by atoms with Crippen molar-refractivity contribution in [3.8, 4) is 0 Å². The van der Waals surface area contributed by atoms with E-state index in [4.69, 9.17) is 0 Å². The maximum atomic E-state index is 11.5. The van der Waals surface area contributed by atoms with Gasteiger partial charge < -0.3 is 19.8 Å². The summed E-state index contributed by atoms with van der Waals surface area (Å²) in [6.45, 7) is 0. The number of benzene rings is 2. The SMILES string of the molecule is O=C([O-])C(C(=O)[O-])(c1ccccc1)c1ccccc1.[K+].[Li+]. The van der Waals surface area contributed by atoms with Crippen LogP contribution in [-0.2, 0) is 15.0 Å². The number of hydrogen-bond donors (Lipinski definition) is 0. The molecule has 0 aromatic heterocycles. The van der Waals surface area contributed by atoms with Crippen molar-refractivity contribution in [1.82, 2.24) is 0 Å². The summed E-state index contributed by atoms with van der Waals surface area (Å²) < 4.78 is 0. The van der Waals surface area contributed by atoms with Crippen LogP contribution in [0.5, 0.6) is 0 Å². The van der Waals surface area contributed by atoms with E-state index in [0.717, 1.165) is 0 Å². The van der Waals surface area contributed by atoms with Crippen molar-refractivity contribution in [2.75, 3.05) is 0 Å². The molecule has 0 fully saturated rings. The number of aliphatic carboxylic acids is 2. The second-order valence-corrected chi connectivity index (χ2v) is 4.06. The van der Waals surface area contributed by atoms with Crippen molar-refractivity contribution in [1.29, 1.82) is 0 Å². The van der Waals surface area contributed by atoms with Crippen molar-refractivity contribution in [3.63, 3.8) is 0 Å².